The lowest BCUT2D eigenvalue weighted by Gasteiger charge is -2.23. The van der Waals surface area contributed by atoms with Crippen molar-refractivity contribution < 1.29 is 9.21 Å². The Bertz CT molecular complexity index is 588. The van der Waals surface area contributed by atoms with Crippen LogP contribution in [0.3, 0.4) is 0 Å². The molecule has 0 bridgehead atoms. The van der Waals surface area contributed by atoms with E-state index in [4.69, 9.17) is 4.42 Å². The van der Waals surface area contributed by atoms with E-state index in [1.165, 1.54) is 5.56 Å². The molecule has 3 rings (SSSR count). The molecule has 112 valence electrons. The summed E-state index contributed by atoms with van der Waals surface area (Å²) >= 11 is 1.69. The van der Waals surface area contributed by atoms with E-state index in [0.29, 0.717) is 6.42 Å². The fraction of sp³-hybridized carbons (Fsp3) is 0.471. The van der Waals surface area contributed by atoms with Gasteiger partial charge in [-0.3, -0.25) is 4.79 Å². The van der Waals surface area contributed by atoms with Gasteiger partial charge in [0, 0.05) is 19.4 Å². The third-order valence-corrected chi connectivity index (χ3v) is 4.87. The molecule has 2 aromatic rings. The largest absolute Gasteiger partial charge is 0.464 e. The van der Waals surface area contributed by atoms with Gasteiger partial charge in [0.15, 0.2) is 0 Å². The first-order chi connectivity index (χ1) is 10.3. The second-order valence-corrected chi connectivity index (χ2v) is 6.31. The maximum Gasteiger partial charge on any atom is 0.223 e. The number of amides is 1. The minimum absolute atomic E-state index is 0.139. The summed E-state index contributed by atoms with van der Waals surface area (Å²) in [5.74, 6) is 2.20. The van der Waals surface area contributed by atoms with Gasteiger partial charge in [0.25, 0.3) is 0 Å². The molecule has 4 heteroatoms. The molecule has 0 aromatic carbocycles. The van der Waals surface area contributed by atoms with Gasteiger partial charge in [0.1, 0.15) is 11.5 Å². The maximum atomic E-state index is 12.5. The molecule has 3 heterocycles. The fourth-order valence-corrected chi connectivity index (χ4v) is 3.66. The number of likely N-dealkylation sites (tertiary alicyclic amines) is 1. The second-order valence-electron chi connectivity index (χ2n) is 5.53. The maximum absolute atomic E-state index is 12.5. The summed E-state index contributed by atoms with van der Waals surface area (Å²) in [6.07, 6.45) is 4.41. The van der Waals surface area contributed by atoms with Crippen molar-refractivity contribution in [1.29, 1.82) is 0 Å². The zero-order chi connectivity index (χ0) is 14.7. The third-order valence-electron chi connectivity index (χ3n) is 4.14. The average molecular weight is 303 g/mol. The predicted octanol–water partition coefficient (Wildman–Crippen LogP) is 4.20. The summed E-state index contributed by atoms with van der Waals surface area (Å²) in [4.78, 5) is 14.5. The molecule has 0 unspecified atom stereocenters. The highest BCUT2D eigenvalue weighted by Crippen LogP contribution is 2.33. The zero-order valence-corrected chi connectivity index (χ0v) is 13.2. The van der Waals surface area contributed by atoms with E-state index in [-0.39, 0.29) is 11.9 Å². The van der Waals surface area contributed by atoms with Gasteiger partial charge in [-0.25, -0.2) is 0 Å². The molecule has 1 atom stereocenters. The van der Waals surface area contributed by atoms with Crippen LogP contribution in [-0.2, 0) is 17.6 Å². The Morgan fingerprint density at radius 1 is 1.43 bits per heavy atom. The molecule has 1 fully saturated rings. The first-order valence-electron chi connectivity index (χ1n) is 7.67. The van der Waals surface area contributed by atoms with Gasteiger partial charge in [-0.15, -0.1) is 0 Å². The minimum atomic E-state index is 0.139. The molecule has 0 spiro atoms. The minimum Gasteiger partial charge on any atom is -0.464 e. The SMILES string of the molecule is CCc1ccc([C@@H]2CCCN2C(=O)CCc2ccsc2)o1. The van der Waals surface area contributed by atoms with Crippen molar-refractivity contribution in [1.82, 2.24) is 4.90 Å². The number of aryl methyl sites for hydroxylation is 2. The van der Waals surface area contributed by atoms with Gasteiger partial charge in [-0.05, 0) is 53.8 Å². The molecule has 0 radical (unpaired) electrons. The highest BCUT2D eigenvalue weighted by atomic mass is 32.1. The third kappa shape index (κ3) is 3.21. The van der Waals surface area contributed by atoms with Crippen LogP contribution in [0.15, 0.2) is 33.4 Å². The van der Waals surface area contributed by atoms with E-state index >= 15 is 0 Å². The van der Waals surface area contributed by atoms with Crippen LogP contribution in [0.4, 0.5) is 0 Å². The summed E-state index contributed by atoms with van der Waals surface area (Å²) in [5, 5.41) is 4.18. The van der Waals surface area contributed by atoms with Crippen LogP contribution in [0.5, 0.6) is 0 Å². The van der Waals surface area contributed by atoms with E-state index in [2.05, 4.69) is 23.8 Å². The fourth-order valence-electron chi connectivity index (χ4n) is 2.95. The Hall–Kier alpha value is -1.55. The highest BCUT2D eigenvalue weighted by Gasteiger charge is 2.31. The number of hydrogen-bond acceptors (Lipinski definition) is 3. The van der Waals surface area contributed by atoms with Gasteiger partial charge in [0.05, 0.1) is 6.04 Å². The van der Waals surface area contributed by atoms with Gasteiger partial charge in [0.2, 0.25) is 5.91 Å². The predicted molar refractivity (Wildman–Crippen MR) is 84.4 cm³/mol. The van der Waals surface area contributed by atoms with Crippen molar-refractivity contribution in [2.24, 2.45) is 0 Å². The molecule has 21 heavy (non-hydrogen) atoms. The van der Waals surface area contributed by atoms with Crippen molar-refractivity contribution in [3.63, 3.8) is 0 Å². The second kappa shape index (κ2) is 6.48. The summed E-state index contributed by atoms with van der Waals surface area (Å²) in [6, 6.07) is 6.30. The van der Waals surface area contributed by atoms with E-state index in [9.17, 15) is 4.79 Å². The van der Waals surface area contributed by atoms with Gasteiger partial charge < -0.3 is 9.32 Å². The summed E-state index contributed by atoms with van der Waals surface area (Å²) < 4.78 is 5.86. The van der Waals surface area contributed by atoms with Crippen LogP contribution >= 0.6 is 11.3 Å². The Morgan fingerprint density at radius 3 is 3.05 bits per heavy atom. The quantitative estimate of drug-likeness (QED) is 0.829. The van der Waals surface area contributed by atoms with Crippen molar-refractivity contribution in [2.75, 3.05) is 6.54 Å². The molecule has 1 aliphatic heterocycles. The van der Waals surface area contributed by atoms with Crippen LogP contribution in [0.1, 0.15) is 49.3 Å². The molecule has 1 aliphatic rings. The first kappa shape index (κ1) is 14.4. The van der Waals surface area contributed by atoms with Crippen molar-refractivity contribution in [3.8, 4) is 0 Å². The summed E-state index contributed by atoms with van der Waals surface area (Å²) in [7, 11) is 0. The highest BCUT2D eigenvalue weighted by molar-refractivity contribution is 7.07. The van der Waals surface area contributed by atoms with Crippen LogP contribution in [0.25, 0.3) is 0 Å². The normalized spacial score (nSPS) is 18.3. The van der Waals surface area contributed by atoms with E-state index < -0.39 is 0 Å². The summed E-state index contributed by atoms with van der Waals surface area (Å²) in [5.41, 5.74) is 1.26. The first-order valence-corrected chi connectivity index (χ1v) is 8.61. The molecule has 0 saturated carbocycles. The Morgan fingerprint density at radius 2 is 2.33 bits per heavy atom. The Balaban J connectivity index is 1.64. The lowest BCUT2D eigenvalue weighted by molar-refractivity contribution is -0.132. The van der Waals surface area contributed by atoms with Gasteiger partial charge >= 0.3 is 0 Å². The van der Waals surface area contributed by atoms with E-state index in [1.54, 1.807) is 11.3 Å². The monoisotopic (exact) mass is 303 g/mol. The van der Waals surface area contributed by atoms with Crippen LogP contribution in [0, 0.1) is 0 Å². The lowest BCUT2D eigenvalue weighted by Crippen LogP contribution is -2.30. The molecule has 0 aliphatic carbocycles. The molecule has 1 amide bonds. The zero-order valence-electron chi connectivity index (χ0n) is 12.4. The number of carbonyl (C=O) groups is 1. The number of hydrogen-bond donors (Lipinski definition) is 0. The van der Waals surface area contributed by atoms with Crippen molar-refractivity contribution >= 4 is 17.2 Å². The van der Waals surface area contributed by atoms with E-state index in [0.717, 1.165) is 43.7 Å². The average Bonchev–Trinajstić information content (AvgIpc) is 3.23. The smallest absolute Gasteiger partial charge is 0.223 e. The Labute approximate surface area is 129 Å². The summed E-state index contributed by atoms with van der Waals surface area (Å²) in [6.45, 7) is 2.94. The molecular formula is C17H21NO2S. The van der Waals surface area contributed by atoms with Crippen LogP contribution < -0.4 is 0 Å². The van der Waals surface area contributed by atoms with Gasteiger partial charge in [-0.2, -0.15) is 11.3 Å². The number of carbonyl (C=O) groups excluding carboxylic acids is 1. The molecule has 0 N–H and O–H groups in total. The standard InChI is InChI=1S/C17H21NO2S/c1-2-14-6-7-16(20-14)15-4-3-10-18(15)17(19)8-5-13-9-11-21-12-13/h6-7,9,11-12,15H,2-5,8,10H2,1H3/t15-/m0/s1. The van der Waals surface area contributed by atoms with Crippen LogP contribution in [0.2, 0.25) is 0 Å². The molecule has 1 saturated heterocycles. The molecular weight excluding hydrogens is 282 g/mol. The topological polar surface area (TPSA) is 33.5 Å². The molecule has 2 aromatic heterocycles. The number of rotatable bonds is 5. The lowest BCUT2D eigenvalue weighted by atomic mass is 10.1. The van der Waals surface area contributed by atoms with Crippen molar-refractivity contribution in [3.05, 3.63) is 46.0 Å². The number of furan rings is 1. The van der Waals surface area contributed by atoms with Crippen LogP contribution in [-0.4, -0.2) is 17.4 Å². The van der Waals surface area contributed by atoms with Crippen molar-refractivity contribution in [2.45, 2.75) is 45.1 Å². The molecule has 3 nitrogen and oxygen atoms in total. The Kier molecular flexibility index (Phi) is 4.44. The van der Waals surface area contributed by atoms with Gasteiger partial charge in [-0.1, -0.05) is 6.92 Å². The van der Waals surface area contributed by atoms with E-state index in [1.807, 2.05) is 17.0 Å². The number of thiophene rings is 1. The number of nitrogens with zero attached hydrogens (tertiary/aromatic N) is 1.